The van der Waals surface area contributed by atoms with E-state index in [0.29, 0.717) is 30.1 Å². The van der Waals surface area contributed by atoms with Gasteiger partial charge in [-0.25, -0.2) is 4.79 Å². The standard InChI is InChI=1S/C34H51NO6/c1-19-26-22-10-11-24-30(6)14-13-25(40-20(2)36)29(4,5)23(30)12-15-32(24,8)31(22,7)16-17-34(26)18-39-33(19,9)28(38)27(34)35-41-21(3)37/h19,22-26H,10-18H2,1-9H3/b35-27-/t19-,22-,23-,24+,25-,26-,30+,31+,32-,33-,34+/m0/s1. The third kappa shape index (κ3) is 3.53. The van der Waals surface area contributed by atoms with Crippen LogP contribution in [0.3, 0.4) is 0 Å². The first-order valence-corrected chi connectivity index (χ1v) is 16.1. The number of hydrogen-bond donors (Lipinski definition) is 0. The summed E-state index contributed by atoms with van der Waals surface area (Å²) in [4.78, 5) is 42.7. The zero-order valence-corrected chi connectivity index (χ0v) is 26.7. The first-order chi connectivity index (χ1) is 19.0. The van der Waals surface area contributed by atoms with Crippen molar-refractivity contribution in [3.05, 3.63) is 0 Å². The zero-order chi connectivity index (χ0) is 30.0. The maximum Gasteiger partial charge on any atom is 0.331 e. The van der Waals surface area contributed by atoms with Gasteiger partial charge in [0.25, 0.3) is 0 Å². The quantitative estimate of drug-likeness (QED) is 0.214. The van der Waals surface area contributed by atoms with Crippen LogP contribution in [0.25, 0.3) is 0 Å². The van der Waals surface area contributed by atoms with Crippen molar-refractivity contribution in [3.63, 3.8) is 0 Å². The highest BCUT2D eigenvalue weighted by atomic mass is 16.7. The van der Waals surface area contributed by atoms with E-state index in [1.54, 1.807) is 6.92 Å². The molecule has 0 aromatic heterocycles. The number of esters is 1. The molecule has 7 rings (SSSR count). The fourth-order valence-corrected chi connectivity index (χ4v) is 12.5. The Labute approximate surface area is 245 Å². The van der Waals surface area contributed by atoms with Gasteiger partial charge in [0.1, 0.15) is 17.4 Å². The number of carbonyl (C=O) groups excluding carboxylic acids is 3. The van der Waals surface area contributed by atoms with Gasteiger partial charge >= 0.3 is 11.9 Å². The van der Waals surface area contributed by atoms with Crippen molar-refractivity contribution in [2.75, 3.05) is 6.61 Å². The molecule has 2 saturated heterocycles. The average Bonchev–Trinajstić information content (AvgIpc) is 2.87. The van der Waals surface area contributed by atoms with Crippen molar-refractivity contribution in [3.8, 4) is 0 Å². The fourth-order valence-electron chi connectivity index (χ4n) is 12.5. The molecule has 0 radical (unpaired) electrons. The molecule has 0 amide bonds. The number of nitrogens with zero attached hydrogens (tertiary/aromatic N) is 1. The Morgan fingerprint density at radius 3 is 2.22 bits per heavy atom. The lowest BCUT2D eigenvalue weighted by Crippen LogP contribution is -2.76. The molecular formula is C34H51NO6. The van der Waals surface area contributed by atoms with Crippen LogP contribution in [-0.2, 0) is 28.7 Å². The fraction of sp³-hybridized carbons (Fsp3) is 0.882. The van der Waals surface area contributed by atoms with Gasteiger partial charge in [0.05, 0.1) is 6.61 Å². The minimum absolute atomic E-state index is 0.0178. The smallest absolute Gasteiger partial charge is 0.331 e. The Hall–Kier alpha value is -1.76. The largest absolute Gasteiger partial charge is 0.462 e. The van der Waals surface area contributed by atoms with E-state index >= 15 is 0 Å². The van der Waals surface area contributed by atoms with Gasteiger partial charge in [-0.05, 0) is 104 Å². The molecule has 0 aromatic rings. The van der Waals surface area contributed by atoms with Crippen LogP contribution in [-0.4, -0.2) is 41.7 Å². The molecule has 5 saturated carbocycles. The third-order valence-corrected chi connectivity index (χ3v) is 14.8. The molecule has 7 nitrogen and oxygen atoms in total. The van der Waals surface area contributed by atoms with E-state index in [4.69, 9.17) is 14.3 Å². The zero-order valence-electron chi connectivity index (χ0n) is 26.7. The molecule has 7 fully saturated rings. The molecule has 11 atom stereocenters. The molecule has 0 N–H and O–H groups in total. The lowest BCUT2D eigenvalue weighted by atomic mass is 9.30. The number of fused-ring (bicyclic) bond motifs is 7. The molecule has 0 unspecified atom stereocenters. The predicted molar refractivity (Wildman–Crippen MR) is 155 cm³/mol. The summed E-state index contributed by atoms with van der Waals surface area (Å²) in [7, 11) is 0. The van der Waals surface area contributed by atoms with Crippen LogP contribution >= 0.6 is 0 Å². The van der Waals surface area contributed by atoms with E-state index in [-0.39, 0.29) is 51.4 Å². The van der Waals surface area contributed by atoms with Crippen LogP contribution in [0, 0.1) is 56.7 Å². The van der Waals surface area contributed by atoms with Gasteiger partial charge in [-0.1, -0.05) is 46.7 Å². The Balaban J connectivity index is 1.38. The summed E-state index contributed by atoms with van der Waals surface area (Å²) in [6.07, 6.45) is 8.51. The Morgan fingerprint density at radius 2 is 1.56 bits per heavy atom. The summed E-state index contributed by atoms with van der Waals surface area (Å²) in [5, 5.41) is 4.27. The molecule has 2 heterocycles. The van der Waals surface area contributed by atoms with E-state index in [9.17, 15) is 14.4 Å². The predicted octanol–water partition coefficient (Wildman–Crippen LogP) is 6.52. The Kier molecular flexibility index (Phi) is 6.36. The van der Waals surface area contributed by atoms with Crippen molar-refractivity contribution >= 4 is 23.4 Å². The third-order valence-electron chi connectivity index (χ3n) is 14.8. The maximum atomic E-state index is 13.8. The average molecular weight is 570 g/mol. The van der Waals surface area contributed by atoms with Crippen LogP contribution in [0.15, 0.2) is 5.16 Å². The van der Waals surface area contributed by atoms with Crippen molar-refractivity contribution in [1.29, 1.82) is 0 Å². The SMILES string of the molecule is CC(=O)O/N=C1/C(=O)[C@@]2(C)OC[C@@]13CC[C@]1(C)[C@@H](CC[C@@H]4[C@]5(C)CC[C@H](OC(C)=O)C(C)(C)[C@@H]5CC[C@@]41C)[C@@H]3[C@@H]2C. The number of hydrogen-bond acceptors (Lipinski definition) is 7. The number of oxime groups is 1. The topological polar surface area (TPSA) is 91.3 Å². The van der Waals surface area contributed by atoms with E-state index < -0.39 is 17.0 Å². The van der Waals surface area contributed by atoms with Crippen LogP contribution in [0.4, 0.5) is 0 Å². The summed E-state index contributed by atoms with van der Waals surface area (Å²) >= 11 is 0. The first kappa shape index (κ1) is 29.3. The highest BCUT2D eigenvalue weighted by Gasteiger charge is 2.75. The van der Waals surface area contributed by atoms with Crippen LogP contribution < -0.4 is 0 Å². The van der Waals surface area contributed by atoms with Gasteiger partial charge in [0.2, 0.25) is 5.78 Å². The summed E-state index contributed by atoms with van der Waals surface area (Å²) < 4.78 is 12.3. The van der Waals surface area contributed by atoms with Crippen molar-refractivity contribution in [1.82, 2.24) is 0 Å². The van der Waals surface area contributed by atoms with Gasteiger partial charge in [0.15, 0.2) is 0 Å². The summed E-state index contributed by atoms with van der Waals surface area (Å²) in [6, 6.07) is 0. The Morgan fingerprint density at radius 1 is 0.854 bits per heavy atom. The van der Waals surface area contributed by atoms with Gasteiger partial charge in [-0.2, -0.15) is 0 Å². The summed E-state index contributed by atoms with van der Waals surface area (Å²) in [6.45, 7) is 19.9. The molecule has 7 aliphatic rings. The highest BCUT2D eigenvalue weighted by molar-refractivity contribution is 6.45. The molecule has 41 heavy (non-hydrogen) atoms. The lowest BCUT2D eigenvalue weighted by molar-refractivity contribution is -0.276. The van der Waals surface area contributed by atoms with Crippen molar-refractivity contribution in [2.24, 2.45) is 61.8 Å². The molecule has 0 aromatic carbocycles. The number of ether oxygens (including phenoxy) is 2. The Bertz CT molecular complexity index is 1210. The molecule has 1 spiro atoms. The second-order valence-corrected chi connectivity index (χ2v) is 16.3. The van der Waals surface area contributed by atoms with Crippen molar-refractivity contribution < 1.29 is 28.7 Å². The molecule has 228 valence electrons. The maximum absolute atomic E-state index is 13.8. The van der Waals surface area contributed by atoms with Gasteiger partial charge < -0.3 is 14.3 Å². The monoisotopic (exact) mass is 569 g/mol. The normalized spacial score (nSPS) is 52.5. The molecule has 7 heteroatoms. The van der Waals surface area contributed by atoms with Crippen LogP contribution in [0.1, 0.15) is 114 Å². The second-order valence-electron chi connectivity index (χ2n) is 16.3. The molecular weight excluding hydrogens is 518 g/mol. The minimum Gasteiger partial charge on any atom is -0.462 e. The molecule has 2 bridgehead atoms. The van der Waals surface area contributed by atoms with E-state index in [1.807, 2.05) is 6.92 Å². The summed E-state index contributed by atoms with van der Waals surface area (Å²) in [5.74, 6) is 1.11. The lowest BCUT2D eigenvalue weighted by Gasteiger charge is -2.75. The highest BCUT2D eigenvalue weighted by Crippen LogP contribution is 2.77. The molecule has 5 aliphatic carbocycles. The number of carbonyl (C=O) groups is 3. The van der Waals surface area contributed by atoms with Gasteiger partial charge in [-0.3, -0.25) is 9.59 Å². The van der Waals surface area contributed by atoms with Crippen LogP contribution in [0.2, 0.25) is 0 Å². The second kappa shape index (κ2) is 8.89. The van der Waals surface area contributed by atoms with Crippen molar-refractivity contribution in [2.45, 2.75) is 125 Å². The number of Topliss-reactive ketones (excluding diaryl/α,β-unsaturated/α-hetero) is 1. The summed E-state index contributed by atoms with van der Waals surface area (Å²) in [5.41, 5.74) is -0.566. The van der Waals surface area contributed by atoms with E-state index in [0.717, 1.165) is 38.5 Å². The van der Waals surface area contributed by atoms with Gasteiger partial charge in [0, 0.05) is 24.7 Å². The minimum atomic E-state index is -0.940. The van der Waals surface area contributed by atoms with E-state index in [1.165, 1.54) is 19.8 Å². The molecule has 2 aliphatic heterocycles. The number of ketones is 1. The van der Waals surface area contributed by atoms with Crippen LogP contribution in [0.5, 0.6) is 0 Å². The number of rotatable bonds is 2. The van der Waals surface area contributed by atoms with E-state index in [2.05, 4.69) is 46.7 Å². The first-order valence-electron chi connectivity index (χ1n) is 16.1. The van der Waals surface area contributed by atoms with Gasteiger partial charge in [-0.15, -0.1) is 0 Å².